The van der Waals surface area contributed by atoms with Crippen molar-refractivity contribution in [1.82, 2.24) is 5.32 Å². The number of carbonyl (C=O) groups is 1. The number of amides is 1. The molecule has 17 heavy (non-hydrogen) atoms. The second-order valence-electron chi connectivity index (χ2n) is 3.73. The van der Waals surface area contributed by atoms with Crippen molar-refractivity contribution in [2.45, 2.75) is 13.0 Å². The van der Waals surface area contributed by atoms with Crippen molar-refractivity contribution in [1.29, 1.82) is 0 Å². The average molecular weight is 357 g/mol. The maximum absolute atomic E-state index is 12.1. The van der Waals surface area contributed by atoms with E-state index in [1.165, 1.54) is 0 Å². The first kappa shape index (κ1) is 12.6. The molecule has 0 aliphatic heterocycles. The van der Waals surface area contributed by atoms with E-state index in [-0.39, 0.29) is 11.9 Å². The minimum absolute atomic E-state index is 0.0197. The zero-order valence-corrected chi connectivity index (χ0v) is 12.3. The molecule has 0 bridgehead atoms. The molecule has 2 rings (SSSR count). The van der Waals surface area contributed by atoms with Gasteiger partial charge in [0.15, 0.2) is 0 Å². The third kappa shape index (κ3) is 3.07. The summed E-state index contributed by atoms with van der Waals surface area (Å²) in [5.74, 6) is -0.0197. The summed E-state index contributed by atoms with van der Waals surface area (Å²) in [6, 6.07) is 9.67. The Hall–Kier alpha value is -0.880. The van der Waals surface area contributed by atoms with Gasteiger partial charge in [0.05, 0.1) is 11.6 Å². The summed E-state index contributed by atoms with van der Waals surface area (Å²) in [5, 5.41) is 7.08. The van der Waals surface area contributed by atoms with Crippen molar-refractivity contribution in [2.75, 3.05) is 0 Å². The van der Waals surface area contributed by atoms with Crippen molar-refractivity contribution < 1.29 is 4.79 Å². The summed E-state index contributed by atoms with van der Waals surface area (Å²) < 4.78 is 0.972. The van der Waals surface area contributed by atoms with E-state index in [0.29, 0.717) is 0 Å². The van der Waals surface area contributed by atoms with Crippen LogP contribution in [0.15, 0.2) is 41.1 Å². The molecule has 1 aromatic heterocycles. The van der Waals surface area contributed by atoms with Gasteiger partial charge in [-0.05, 0) is 64.0 Å². The highest BCUT2D eigenvalue weighted by molar-refractivity contribution is 14.1. The Morgan fingerprint density at radius 2 is 2.12 bits per heavy atom. The van der Waals surface area contributed by atoms with Crippen LogP contribution in [-0.2, 0) is 0 Å². The molecule has 0 radical (unpaired) electrons. The largest absolute Gasteiger partial charge is 0.345 e. The number of benzene rings is 1. The van der Waals surface area contributed by atoms with E-state index in [1.807, 2.05) is 42.6 Å². The quantitative estimate of drug-likeness (QED) is 0.831. The van der Waals surface area contributed by atoms with Crippen LogP contribution in [0, 0.1) is 3.57 Å². The molecule has 0 saturated carbocycles. The first-order valence-electron chi connectivity index (χ1n) is 5.26. The number of rotatable bonds is 3. The van der Waals surface area contributed by atoms with E-state index in [9.17, 15) is 4.79 Å². The minimum atomic E-state index is -0.0197. The van der Waals surface area contributed by atoms with Crippen LogP contribution in [0.5, 0.6) is 0 Å². The highest BCUT2D eigenvalue weighted by Crippen LogP contribution is 2.17. The maximum Gasteiger partial charge on any atom is 0.252 e. The lowest BCUT2D eigenvalue weighted by molar-refractivity contribution is 0.0939. The van der Waals surface area contributed by atoms with Gasteiger partial charge in [0, 0.05) is 3.57 Å². The van der Waals surface area contributed by atoms with Gasteiger partial charge in [0.25, 0.3) is 5.91 Å². The molecule has 1 amide bonds. The number of hydrogen-bond acceptors (Lipinski definition) is 2. The molecule has 0 aliphatic carbocycles. The molecule has 4 heteroatoms. The number of halogens is 1. The molecular weight excluding hydrogens is 345 g/mol. The standard InChI is InChI=1S/C13H12INOS/c1-9(10-6-7-17-8-10)15-13(16)11-4-2-3-5-12(11)14/h2-9H,1H3,(H,15,16). The Balaban J connectivity index is 2.10. The molecule has 1 unspecified atom stereocenters. The molecule has 0 saturated heterocycles. The summed E-state index contributed by atoms with van der Waals surface area (Å²) in [7, 11) is 0. The third-order valence-electron chi connectivity index (χ3n) is 2.51. The summed E-state index contributed by atoms with van der Waals surface area (Å²) in [4.78, 5) is 12.1. The summed E-state index contributed by atoms with van der Waals surface area (Å²) in [5.41, 5.74) is 1.88. The molecule has 2 aromatic rings. The lowest BCUT2D eigenvalue weighted by atomic mass is 10.1. The Morgan fingerprint density at radius 3 is 2.76 bits per heavy atom. The fourth-order valence-electron chi connectivity index (χ4n) is 1.52. The zero-order valence-electron chi connectivity index (χ0n) is 9.31. The number of hydrogen-bond donors (Lipinski definition) is 1. The second kappa shape index (κ2) is 5.64. The molecule has 1 N–H and O–H groups in total. The van der Waals surface area contributed by atoms with Crippen molar-refractivity contribution in [3.8, 4) is 0 Å². The SMILES string of the molecule is CC(NC(=O)c1ccccc1I)c1ccsc1. The van der Waals surface area contributed by atoms with Crippen molar-refractivity contribution in [3.63, 3.8) is 0 Å². The molecule has 2 nitrogen and oxygen atoms in total. The molecule has 0 fully saturated rings. The Morgan fingerprint density at radius 1 is 1.35 bits per heavy atom. The van der Waals surface area contributed by atoms with Crippen LogP contribution in [0.25, 0.3) is 0 Å². The van der Waals surface area contributed by atoms with Crippen LogP contribution < -0.4 is 5.32 Å². The second-order valence-corrected chi connectivity index (χ2v) is 5.67. The lowest BCUT2D eigenvalue weighted by Gasteiger charge is -2.13. The van der Waals surface area contributed by atoms with E-state index in [1.54, 1.807) is 11.3 Å². The predicted molar refractivity (Wildman–Crippen MR) is 79.4 cm³/mol. The highest BCUT2D eigenvalue weighted by Gasteiger charge is 2.13. The third-order valence-corrected chi connectivity index (χ3v) is 4.15. The van der Waals surface area contributed by atoms with E-state index in [0.717, 1.165) is 14.7 Å². The molecule has 1 heterocycles. The smallest absolute Gasteiger partial charge is 0.252 e. The first-order valence-corrected chi connectivity index (χ1v) is 7.28. The van der Waals surface area contributed by atoms with Crippen LogP contribution in [-0.4, -0.2) is 5.91 Å². The van der Waals surface area contributed by atoms with Gasteiger partial charge in [-0.25, -0.2) is 0 Å². The molecule has 0 spiro atoms. The first-order chi connectivity index (χ1) is 8.18. The van der Waals surface area contributed by atoms with E-state index in [2.05, 4.69) is 33.3 Å². The molecule has 1 aromatic carbocycles. The summed E-state index contributed by atoms with van der Waals surface area (Å²) in [6.07, 6.45) is 0. The Labute approximate surface area is 118 Å². The monoisotopic (exact) mass is 357 g/mol. The Kier molecular flexibility index (Phi) is 4.17. The van der Waals surface area contributed by atoms with Gasteiger partial charge in [-0.15, -0.1) is 0 Å². The van der Waals surface area contributed by atoms with Gasteiger partial charge in [0.1, 0.15) is 0 Å². The van der Waals surface area contributed by atoms with Gasteiger partial charge in [0.2, 0.25) is 0 Å². The van der Waals surface area contributed by atoms with E-state index < -0.39 is 0 Å². The van der Waals surface area contributed by atoms with Crippen LogP contribution in [0.3, 0.4) is 0 Å². The van der Waals surface area contributed by atoms with Gasteiger partial charge < -0.3 is 5.32 Å². The van der Waals surface area contributed by atoms with Crippen LogP contribution in [0.2, 0.25) is 0 Å². The molecule has 88 valence electrons. The van der Waals surface area contributed by atoms with E-state index in [4.69, 9.17) is 0 Å². The van der Waals surface area contributed by atoms with Gasteiger partial charge in [-0.3, -0.25) is 4.79 Å². The van der Waals surface area contributed by atoms with Crippen molar-refractivity contribution in [3.05, 3.63) is 55.8 Å². The topological polar surface area (TPSA) is 29.1 Å². The van der Waals surface area contributed by atoms with Crippen LogP contribution in [0.1, 0.15) is 28.9 Å². The molecule has 1 atom stereocenters. The van der Waals surface area contributed by atoms with Crippen molar-refractivity contribution >= 4 is 39.8 Å². The summed E-state index contributed by atoms with van der Waals surface area (Å²) in [6.45, 7) is 2.00. The summed E-state index contributed by atoms with van der Waals surface area (Å²) >= 11 is 3.82. The lowest BCUT2D eigenvalue weighted by Crippen LogP contribution is -2.26. The molecule has 0 aliphatic rings. The molecular formula is C13H12INOS. The number of thiophene rings is 1. The normalized spacial score (nSPS) is 12.1. The van der Waals surface area contributed by atoms with Gasteiger partial charge in [-0.1, -0.05) is 12.1 Å². The van der Waals surface area contributed by atoms with Crippen molar-refractivity contribution in [2.24, 2.45) is 0 Å². The van der Waals surface area contributed by atoms with E-state index >= 15 is 0 Å². The highest BCUT2D eigenvalue weighted by atomic mass is 127. The number of carbonyl (C=O) groups excluding carboxylic acids is 1. The van der Waals surface area contributed by atoms with Gasteiger partial charge >= 0.3 is 0 Å². The fraction of sp³-hybridized carbons (Fsp3) is 0.154. The maximum atomic E-state index is 12.1. The average Bonchev–Trinajstić information content (AvgIpc) is 2.82. The fourth-order valence-corrected chi connectivity index (χ4v) is 2.91. The van der Waals surface area contributed by atoms with Gasteiger partial charge in [-0.2, -0.15) is 11.3 Å². The Bertz CT molecular complexity index is 510. The predicted octanol–water partition coefficient (Wildman–Crippen LogP) is 3.84. The van der Waals surface area contributed by atoms with Crippen LogP contribution >= 0.6 is 33.9 Å². The van der Waals surface area contributed by atoms with Crippen LogP contribution in [0.4, 0.5) is 0 Å². The zero-order chi connectivity index (χ0) is 12.3. The number of nitrogens with one attached hydrogen (secondary N) is 1. The minimum Gasteiger partial charge on any atom is -0.345 e.